The van der Waals surface area contributed by atoms with Crippen LogP contribution in [0.25, 0.3) is 0 Å². The van der Waals surface area contributed by atoms with Gasteiger partial charge in [-0.3, -0.25) is 33.6 Å². The monoisotopic (exact) mass is 563 g/mol. The number of hydrogen-bond acceptors (Lipinski definition) is 9. The molecule has 1 heterocycles. The van der Waals surface area contributed by atoms with Crippen molar-refractivity contribution in [1.29, 1.82) is 0 Å². The second-order valence-electron chi connectivity index (χ2n) is 8.20. The summed E-state index contributed by atoms with van der Waals surface area (Å²) in [7, 11) is -6.22. The van der Waals surface area contributed by atoms with E-state index in [1.165, 1.54) is 0 Å². The zero-order valence-electron chi connectivity index (χ0n) is 20.2. The summed E-state index contributed by atoms with van der Waals surface area (Å²) in [6.45, 7) is 5.25. The lowest BCUT2D eigenvalue weighted by atomic mass is 10.5. The van der Waals surface area contributed by atoms with Crippen LogP contribution in [-0.4, -0.2) is 140 Å². The molecule has 0 aromatic rings. The van der Waals surface area contributed by atoms with Crippen LogP contribution in [0.5, 0.6) is 0 Å². The second kappa shape index (κ2) is 19.4. The van der Waals surface area contributed by atoms with E-state index in [0.717, 1.165) is 12.6 Å². The summed E-state index contributed by atoms with van der Waals surface area (Å²) < 4.78 is 12.5. The third-order valence-electron chi connectivity index (χ3n) is 5.09. The fourth-order valence-electron chi connectivity index (χ4n) is 3.35. The molecule has 1 saturated heterocycles. The molecule has 13 nitrogen and oxygen atoms in total. The van der Waals surface area contributed by atoms with E-state index in [1.54, 1.807) is 0 Å². The van der Waals surface area contributed by atoms with Crippen LogP contribution in [0, 0.1) is 0 Å². The van der Waals surface area contributed by atoms with Gasteiger partial charge < -0.3 is 30.0 Å². The smallest absolute Gasteiger partial charge is 0.303 e. The minimum atomic E-state index is -3.64. The Hall–Kier alpha value is -0.740. The molecular weight excluding hydrogens is 523 g/mol. The molecule has 35 heavy (non-hydrogen) atoms. The first-order chi connectivity index (χ1) is 16.4. The first-order valence-electron chi connectivity index (χ1n) is 11.3. The lowest BCUT2D eigenvalue weighted by molar-refractivity contribution is -0.137. The number of carboxylic acid groups (broad SMARTS) is 3. The van der Waals surface area contributed by atoms with E-state index in [0.29, 0.717) is 51.8 Å². The van der Waals surface area contributed by atoms with Gasteiger partial charge in [0.1, 0.15) is 0 Å². The molecule has 0 aromatic heterocycles. The van der Waals surface area contributed by atoms with Crippen LogP contribution in [-0.2, 0) is 18.9 Å². The fourth-order valence-corrected chi connectivity index (χ4v) is 7.68. The summed E-state index contributed by atoms with van der Waals surface area (Å²) in [5, 5.41) is 24.5. The van der Waals surface area contributed by atoms with E-state index in [2.05, 4.69) is 4.90 Å². The molecule has 0 bridgehead atoms. The summed E-state index contributed by atoms with van der Waals surface area (Å²) in [4.78, 5) is 66.8. The largest absolute Gasteiger partial charge is 0.483 e. The van der Waals surface area contributed by atoms with Crippen LogP contribution in [0.2, 0.25) is 0 Å². The minimum absolute atomic E-state index is 0.0859. The van der Waals surface area contributed by atoms with Gasteiger partial charge in [-0.15, -0.1) is 0 Å². The molecule has 1 rings (SSSR count). The lowest BCUT2D eigenvalue weighted by Crippen LogP contribution is -2.37. The van der Waals surface area contributed by atoms with Gasteiger partial charge in [0.15, 0.2) is 0 Å². The second-order valence-corrected chi connectivity index (χ2v) is 14.1. The molecule has 1 aliphatic rings. The zero-order chi connectivity index (χ0) is 26.9. The molecule has 3 unspecified atom stereocenters. The molecule has 1 aliphatic heterocycles. The summed E-state index contributed by atoms with van der Waals surface area (Å²) in [6.07, 6.45) is 1.95. The van der Waals surface area contributed by atoms with Crippen LogP contribution >= 0.6 is 23.7 Å². The highest BCUT2D eigenvalue weighted by Crippen LogP contribution is 2.42. The molecule has 3 atom stereocenters. The van der Waals surface area contributed by atoms with Crippen molar-refractivity contribution < 1.29 is 48.9 Å². The van der Waals surface area contributed by atoms with Crippen molar-refractivity contribution in [2.75, 3.05) is 76.6 Å². The third kappa shape index (κ3) is 19.1. The van der Waals surface area contributed by atoms with Crippen LogP contribution in [0.1, 0.15) is 26.2 Å². The van der Waals surface area contributed by atoms with Crippen molar-refractivity contribution in [3.63, 3.8) is 0 Å². The fraction of sp³-hybridized carbons (Fsp3) is 0.842. The highest BCUT2D eigenvalue weighted by atomic mass is 31.2. The Bertz CT molecular complexity index is 676. The van der Waals surface area contributed by atoms with Crippen LogP contribution < -0.4 is 0 Å². The standard InChI is InChI=1S/C18H38N3O8P3.CH2O2/c1-2-11-30(26)14-19-5-6-20(15-31(27)12-3-17(22)23)8-10-21(9-7-19)16-32(28,29)13-4-18(24)25;2-1-3/h26-27H,2-16H2,1H3,(H,22,23)(H,24,25)(H,28,29);1H,(H,2,3). The molecule has 16 heteroatoms. The Balaban J connectivity index is 0.00000365. The van der Waals surface area contributed by atoms with Gasteiger partial charge in [0, 0.05) is 80.5 Å². The van der Waals surface area contributed by atoms with Crippen molar-refractivity contribution in [1.82, 2.24) is 14.7 Å². The van der Waals surface area contributed by atoms with E-state index in [1.807, 2.05) is 16.7 Å². The molecule has 0 aliphatic carbocycles. The zero-order valence-corrected chi connectivity index (χ0v) is 22.9. The van der Waals surface area contributed by atoms with E-state index >= 15 is 0 Å². The number of aliphatic carboxylic acids is 2. The number of rotatable bonds is 14. The number of nitrogens with zero attached hydrogens (tertiary/aromatic N) is 3. The van der Waals surface area contributed by atoms with E-state index < -0.39 is 35.6 Å². The molecule has 0 amide bonds. The Labute approximate surface area is 208 Å². The van der Waals surface area contributed by atoms with E-state index in [-0.39, 0.29) is 37.9 Å². The van der Waals surface area contributed by atoms with Gasteiger partial charge >= 0.3 is 11.9 Å². The number of hydrogen-bond donors (Lipinski definition) is 6. The third-order valence-corrected chi connectivity index (χ3v) is 10.0. The Morgan fingerprint density at radius 2 is 1.26 bits per heavy atom. The van der Waals surface area contributed by atoms with Crippen molar-refractivity contribution >= 4 is 42.1 Å². The molecule has 0 spiro atoms. The van der Waals surface area contributed by atoms with Crippen molar-refractivity contribution in [2.45, 2.75) is 26.2 Å². The van der Waals surface area contributed by atoms with Crippen LogP contribution in [0.4, 0.5) is 0 Å². The molecule has 0 radical (unpaired) electrons. The summed E-state index contributed by atoms with van der Waals surface area (Å²) in [5.41, 5.74) is 0. The van der Waals surface area contributed by atoms with Gasteiger partial charge in [-0.1, -0.05) is 13.3 Å². The minimum Gasteiger partial charge on any atom is -0.483 e. The lowest BCUT2D eigenvalue weighted by Gasteiger charge is -2.28. The maximum atomic E-state index is 12.5. The van der Waals surface area contributed by atoms with E-state index in [9.17, 15) is 28.8 Å². The van der Waals surface area contributed by atoms with Crippen molar-refractivity contribution in [2.24, 2.45) is 0 Å². The maximum absolute atomic E-state index is 12.5. The molecule has 206 valence electrons. The first kappa shape index (κ1) is 34.3. The van der Waals surface area contributed by atoms with Gasteiger partial charge in [0.25, 0.3) is 6.47 Å². The predicted molar refractivity (Wildman–Crippen MR) is 136 cm³/mol. The molecule has 1 fully saturated rings. The highest BCUT2D eigenvalue weighted by molar-refractivity contribution is 7.57. The van der Waals surface area contributed by atoms with Crippen LogP contribution in [0.3, 0.4) is 0 Å². The average molecular weight is 563 g/mol. The average Bonchev–Trinajstić information content (AvgIpc) is 2.84. The Morgan fingerprint density at radius 3 is 1.66 bits per heavy atom. The number of carbonyl (C=O) groups is 3. The summed E-state index contributed by atoms with van der Waals surface area (Å²) in [5.74, 6) is -2.05. The quantitative estimate of drug-likeness (QED) is 0.129. The molecule has 6 N–H and O–H groups in total. The molecular formula is C19H40N3O10P3. The summed E-state index contributed by atoms with van der Waals surface area (Å²) in [6, 6.07) is 0. The van der Waals surface area contributed by atoms with Gasteiger partial charge in [0.2, 0.25) is 7.37 Å². The van der Waals surface area contributed by atoms with Gasteiger partial charge in [-0.05, 0) is 6.16 Å². The van der Waals surface area contributed by atoms with Gasteiger partial charge in [-0.25, -0.2) is 0 Å². The maximum Gasteiger partial charge on any atom is 0.303 e. The normalized spacial score (nSPS) is 19.7. The molecule has 0 aromatic carbocycles. The highest BCUT2D eigenvalue weighted by Gasteiger charge is 2.26. The first-order valence-corrected chi connectivity index (χ1v) is 16.6. The topological polar surface area (TPSA) is 199 Å². The van der Waals surface area contributed by atoms with Crippen molar-refractivity contribution in [3.05, 3.63) is 0 Å². The number of carboxylic acids is 2. The van der Waals surface area contributed by atoms with E-state index in [4.69, 9.17) is 20.1 Å². The Kier molecular flexibility index (Phi) is 19.0. The Morgan fingerprint density at radius 1 is 0.857 bits per heavy atom. The van der Waals surface area contributed by atoms with Gasteiger partial charge in [0.05, 0.1) is 19.1 Å². The molecule has 0 saturated carbocycles. The predicted octanol–water partition coefficient (Wildman–Crippen LogP) is 0.888. The van der Waals surface area contributed by atoms with Crippen LogP contribution in [0.15, 0.2) is 0 Å². The van der Waals surface area contributed by atoms with Gasteiger partial charge in [-0.2, -0.15) is 0 Å². The summed E-state index contributed by atoms with van der Waals surface area (Å²) >= 11 is 0. The SMILES string of the molecule is CCCP(O)CN1CCN(CP(O)CCC(=O)O)CCN(CP(=O)(O)CCC(=O)O)CC1.O=CO. The van der Waals surface area contributed by atoms with Crippen molar-refractivity contribution in [3.8, 4) is 0 Å².